The molecule has 5 rings (SSSR count). The third-order valence-electron chi connectivity index (χ3n) is 7.34. The number of carbonyl (C=O) groups is 1. The number of aromatic nitrogens is 3. The zero-order valence-corrected chi connectivity index (χ0v) is 23.8. The van der Waals surface area contributed by atoms with Crippen molar-refractivity contribution in [2.45, 2.75) is 64.9 Å². The van der Waals surface area contributed by atoms with Crippen LogP contribution in [-0.2, 0) is 4.79 Å². The lowest BCUT2D eigenvalue weighted by Crippen LogP contribution is -2.25. The second-order valence-electron chi connectivity index (χ2n) is 10.1. The van der Waals surface area contributed by atoms with E-state index < -0.39 is 12.1 Å². The van der Waals surface area contributed by atoms with E-state index in [4.69, 9.17) is 19.9 Å². The SMILES string of the molecule is Cc1cc(C=Nn2c(C3CCCCC3)nc3ccc(Br)cc3c2=O)c(C)n1-c1ccc(O[C@H](C)C(=O)O)cc1. The third-order valence-corrected chi connectivity index (χ3v) is 7.84. The molecule has 0 bridgehead atoms. The smallest absolute Gasteiger partial charge is 0.344 e. The molecule has 1 aliphatic carbocycles. The molecule has 9 heteroatoms. The van der Waals surface area contributed by atoms with Gasteiger partial charge < -0.3 is 14.4 Å². The fourth-order valence-electron chi connectivity index (χ4n) is 5.27. The number of rotatable bonds is 7. The van der Waals surface area contributed by atoms with Crippen LogP contribution in [0.5, 0.6) is 5.75 Å². The Kier molecular flexibility index (Phi) is 7.70. The van der Waals surface area contributed by atoms with Crippen LogP contribution in [0.1, 0.15) is 67.7 Å². The number of fused-ring (bicyclic) bond motifs is 1. The summed E-state index contributed by atoms with van der Waals surface area (Å²) in [6.07, 6.45) is 6.28. The number of carboxylic acid groups (broad SMARTS) is 1. The summed E-state index contributed by atoms with van der Waals surface area (Å²) >= 11 is 3.48. The van der Waals surface area contributed by atoms with Crippen molar-refractivity contribution in [2.75, 3.05) is 0 Å². The molecule has 0 unspecified atom stereocenters. The molecule has 0 aliphatic heterocycles. The fourth-order valence-corrected chi connectivity index (χ4v) is 5.63. The van der Waals surface area contributed by atoms with Gasteiger partial charge >= 0.3 is 5.97 Å². The van der Waals surface area contributed by atoms with Gasteiger partial charge in [-0.1, -0.05) is 35.2 Å². The molecule has 0 amide bonds. The summed E-state index contributed by atoms with van der Waals surface area (Å²) in [4.78, 5) is 29.6. The first-order valence-electron chi connectivity index (χ1n) is 13.2. The van der Waals surface area contributed by atoms with Gasteiger partial charge in [-0.25, -0.2) is 9.78 Å². The molecule has 39 heavy (non-hydrogen) atoms. The predicted molar refractivity (Wildman–Crippen MR) is 155 cm³/mol. The topological polar surface area (TPSA) is 98.7 Å². The van der Waals surface area contributed by atoms with E-state index in [0.717, 1.165) is 58.6 Å². The van der Waals surface area contributed by atoms with Crippen LogP contribution in [0.15, 0.2) is 62.9 Å². The summed E-state index contributed by atoms with van der Waals surface area (Å²) in [5, 5.41) is 14.3. The molecule has 2 aromatic carbocycles. The summed E-state index contributed by atoms with van der Waals surface area (Å²) in [6, 6.07) is 14.9. The van der Waals surface area contributed by atoms with Crippen molar-refractivity contribution < 1.29 is 14.6 Å². The van der Waals surface area contributed by atoms with Gasteiger partial charge in [0.05, 0.1) is 17.1 Å². The molecule has 202 valence electrons. The van der Waals surface area contributed by atoms with Gasteiger partial charge in [-0.2, -0.15) is 9.78 Å². The number of ether oxygens (including phenoxy) is 1. The van der Waals surface area contributed by atoms with Crippen LogP contribution < -0.4 is 10.3 Å². The zero-order valence-electron chi connectivity index (χ0n) is 22.2. The quantitative estimate of drug-likeness (QED) is 0.253. The van der Waals surface area contributed by atoms with Gasteiger partial charge in [-0.3, -0.25) is 4.79 Å². The Labute approximate surface area is 235 Å². The second kappa shape index (κ2) is 11.2. The van der Waals surface area contributed by atoms with Gasteiger partial charge in [0, 0.05) is 33.0 Å². The monoisotopic (exact) mass is 590 g/mol. The molecule has 1 N–H and O–H groups in total. The molecule has 1 aliphatic rings. The summed E-state index contributed by atoms with van der Waals surface area (Å²) in [5.41, 5.74) is 4.30. The third kappa shape index (κ3) is 5.54. The van der Waals surface area contributed by atoms with Crippen molar-refractivity contribution in [1.29, 1.82) is 0 Å². The minimum atomic E-state index is -1.01. The van der Waals surface area contributed by atoms with Crippen LogP contribution in [0.2, 0.25) is 0 Å². The molecule has 2 heterocycles. The van der Waals surface area contributed by atoms with Gasteiger partial charge in [0.15, 0.2) is 6.10 Å². The molecule has 1 saturated carbocycles. The van der Waals surface area contributed by atoms with Gasteiger partial charge in [0.25, 0.3) is 5.56 Å². The number of halogens is 1. The maximum Gasteiger partial charge on any atom is 0.344 e. The summed E-state index contributed by atoms with van der Waals surface area (Å²) in [5.74, 6) is 0.405. The summed E-state index contributed by atoms with van der Waals surface area (Å²) < 4.78 is 9.87. The Morgan fingerprint density at radius 1 is 1.13 bits per heavy atom. The van der Waals surface area contributed by atoms with E-state index in [1.165, 1.54) is 18.0 Å². The predicted octanol–water partition coefficient (Wildman–Crippen LogP) is 6.35. The lowest BCUT2D eigenvalue weighted by Gasteiger charge is -2.22. The van der Waals surface area contributed by atoms with Gasteiger partial charge in [-0.15, -0.1) is 0 Å². The number of benzene rings is 2. The average Bonchev–Trinajstić information content (AvgIpc) is 3.21. The van der Waals surface area contributed by atoms with Crippen molar-refractivity contribution >= 4 is 39.0 Å². The Morgan fingerprint density at radius 3 is 2.54 bits per heavy atom. The standard InChI is InChI=1S/C30H31BrN4O4/c1-18-15-22(19(2)34(18)24-10-12-25(13-11-24)39-20(3)30(37)38)17-32-35-28(21-7-5-4-6-8-21)33-27-14-9-23(31)16-26(27)29(35)36/h9-17,20-21H,4-8H2,1-3H3,(H,37,38)/t20-/m1/s1. The van der Waals surface area contributed by atoms with Gasteiger partial charge in [0.2, 0.25) is 0 Å². The summed E-state index contributed by atoms with van der Waals surface area (Å²) in [7, 11) is 0. The van der Waals surface area contributed by atoms with E-state index in [2.05, 4.69) is 20.5 Å². The van der Waals surface area contributed by atoms with E-state index in [-0.39, 0.29) is 11.5 Å². The molecule has 2 aromatic heterocycles. The van der Waals surface area contributed by atoms with Gasteiger partial charge in [0.1, 0.15) is 11.6 Å². The van der Waals surface area contributed by atoms with E-state index in [1.807, 2.05) is 44.2 Å². The highest BCUT2D eigenvalue weighted by molar-refractivity contribution is 9.10. The first-order valence-corrected chi connectivity index (χ1v) is 14.0. The number of nitrogens with zero attached hydrogens (tertiary/aromatic N) is 4. The molecular formula is C30H31BrN4O4. The van der Waals surface area contributed by atoms with Crippen LogP contribution in [0.3, 0.4) is 0 Å². The maximum absolute atomic E-state index is 13.6. The van der Waals surface area contributed by atoms with Crippen LogP contribution in [0.4, 0.5) is 0 Å². The molecule has 0 spiro atoms. The lowest BCUT2D eigenvalue weighted by molar-refractivity contribution is -0.144. The first-order chi connectivity index (χ1) is 18.7. The minimum Gasteiger partial charge on any atom is -0.479 e. The van der Waals surface area contributed by atoms with E-state index in [0.29, 0.717) is 16.7 Å². The molecule has 8 nitrogen and oxygen atoms in total. The fraction of sp³-hybridized carbons (Fsp3) is 0.333. The van der Waals surface area contributed by atoms with Crippen molar-refractivity contribution in [3.63, 3.8) is 0 Å². The first kappa shape index (κ1) is 26.9. The average molecular weight is 592 g/mol. The highest BCUT2D eigenvalue weighted by Gasteiger charge is 2.23. The Morgan fingerprint density at radius 2 is 1.85 bits per heavy atom. The Bertz CT molecular complexity index is 1610. The largest absolute Gasteiger partial charge is 0.479 e. The second-order valence-corrected chi connectivity index (χ2v) is 11.0. The van der Waals surface area contributed by atoms with Gasteiger partial charge in [-0.05, 0) is 82.1 Å². The van der Waals surface area contributed by atoms with E-state index >= 15 is 0 Å². The minimum absolute atomic E-state index is 0.168. The van der Waals surface area contributed by atoms with E-state index in [1.54, 1.807) is 24.4 Å². The van der Waals surface area contributed by atoms with Crippen molar-refractivity contribution in [1.82, 2.24) is 14.2 Å². The number of aliphatic carboxylic acids is 1. The molecule has 1 atom stereocenters. The van der Waals surface area contributed by atoms with Crippen LogP contribution in [0, 0.1) is 13.8 Å². The normalized spacial score (nSPS) is 15.2. The van der Waals surface area contributed by atoms with Crippen molar-refractivity contribution in [3.8, 4) is 11.4 Å². The molecule has 1 fully saturated rings. The van der Waals surface area contributed by atoms with Crippen LogP contribution in [0.25, 0.3) is 16.6 Å². The Balaban J connectivity index is 1.51. The summed E-state index contributed by atoms with van der Waals surface area (Å²) in [6.45, 7) is 5.51. The molecule has 0 saturated heterocycles. The van der Waals surface area contributed by atoms with Crippen LogP contribution in [-0.4, -0.2) is 37.6 Å². The van der Waals surface area contributed by atoms with Crippen molar-refractivity contribution in [2.24, 2.45) is 5.10 Å². The maximum atomic E-state index is 13.6. The highest BCUT2D eigenvalue weighted by atomic mass is 79.9. The number of hydrogen-bond acceptors (Lipinski definition) is 5. The van der Waals surface area contributed by atoms with Crippen molar-refractivity contribution in [3.05, 3.63) is 86.1 Å². The van der Waals surface area contributed by atoms with E-state index in [9.17, 15) is 9.59 Å². The molecular weight excluding hydrogens is 560 g/mol. The number of hydrogen-bond donors (Lipinski definition) is 1. The lowest BCUT2D eigenvalue weighted by atomic mass is 9.88. The molecule has 4 aromatic rings. The number of carboxylic acids is 1. The van der Waals surface area contributed by atoms with Crippen LogP contribution >= 0.6 is 15.9 Å². The number of aryl methyl sites for hydroxylation is 1. The zero-order chi connectivity index (χ0) is 27.7. The Hall–Kier alpha value is -3.72. The molecule has 0 radical (unpaired) electrons. The highest BCUT2D eigenvalue weighted by Crippen LogP contribution is 2.32.